The van der Waals surface area contributed by atoms with Crippen LogP contribution in [0, 0.1) is 0 Å². The average Bonchev–Trinajstić information content (AvgIpc) is 2.15. The van der Waals surface area contributed by atoms with E-state index in [1.165, 1.54) is 17.0 Å². The molecule has 0 radical (unpaired) electrons. The summed E-state index contributed by atoms with van der Waals surface area (Å²) < 4.78 is 6.43. The maximum Gasteiger partial charge on any atom is 0.348 e. The number of nitrogens with zero attached hydrogens (tertiary/aromatic N) is 2. The minimum atomic E-state index is -0.666. The number of carbonyl (C=O) groups excluding carboxylic acids is 1. The van der Waals surface area contributed by atoms with Crippen LogP contribution < -0.4 is 5.69 Å². The van der Waals surface area contributed by atoms with Gasteiger partial charge in [0.1, 0.15) is 11.6 Å². The second-order valence-electron chi connectivity index (χ2n) is 4.52. The molecule has 0 spiro atoms. The lowest BCUT2D eigenvalue weighted by molar-refractivity contribution is -0.158. The average molecular weight is 224 g/mol. The first-order chi connectivity index (χ1) is 7.31. The van der Waals surface area contributed by atoms with Gasteiger partial charge in [-0.1, -0.05) is 0 Å². The number of aromatic nitrogens is 2. The van der Waals surface area contributed by atoms with Gasteiger partial charge in [-0.3, -0.25) is 4.57 Å². The van der Waals surface area contributed by atoms with Gasteiger partial charge < -0.3 is 4.74 Å². The number of carbonyl (C=O) groups is 1. The lowest BCUT2D eigenvalue weighted by Gasteiger charge is -2.22. The zero-order chi connectivity index (χ0) is 12.3. The molecule has 5 nitrogen and oxygen atoms in total. The third-order valence-corrected chi connectivity index (χ3v) is 1.90. The Morgan fingerprint density at radius 1 is 1.50 bits per heavy atom. The second-order valence-corrected chi connectivity index (χ2v) is 4.52. The lowest BCUT2D eigenvalue weighted by atomic mass is 10.2. The molecule has 0 amide bonds. The highest BCUT2D eigenvalue weighted by Crippen LogP contribution is 2.13. The monoisotopic (exact) mass is 224 g/mol. The molecular formula is C11H16N2O3. The number of esters is 1. The number of hydrogen-bond donors (Lipinski definition) is 0. The molecule has 1 rings (SSSR count). The van der Waals surface area contributed by atoms with Gasteiger partial charge in [0.05, 0.1) is 0 Å². The van der Waals surface area contributed by atoms with Gasteiger partial charge in [-0.15, -0.1) is 0 Å². The van der Waals surface area contributed by atoms with Gasteiger partial charge in [0.25, 0.3) is 0 Å². The fourth-order valence-corrected chi connectivity index (χ4v) is 1.16. The summed E-state index contributed by atoms with van der Waals surface area (Å²) in [6.45, 7) is 6.95. The number of rotatable bonds is 2. The van der Waals surface area contributed by atoms with Crippen LogP contribution in [0.4, 0.5) is 0 Å². The normalized spacial score (nSPS) is 13.2. The van der Waals surface area contributed by atoms with Crippen molar-refractivity contribution in [2.24, 2.45) is 0 Å². The summed E-state index contributed by atoms with van der Waals surface area (Å²) in [6.07, 6.45) is 2.91. The van der Waals surface area contributed by atoms with Crippen molar-refractivity contribution in [1.82, 2.24) is 9.55 Å². The zero-order valence-electron chi connectivity index (χ0n) is 9.93. The Bertz CT molecular complexity index is 431. The summed E-state index contributed by atoms with van der Waals surface area (Å²) in [6, 6.07) is 0.933. The molecule has 1 aromatic heterocycles. The van der Waals surface area contributed by atoms with E-state index in [0.717, 1.165) is 0 Å². The summed E-state index contributed by atoms with van der Waals surface area (Å²) in [7, 11) is 0. The summed E-state index contributed by atoms with van der Waals surface area (Å²) >= 11 is 0. The van der Waals surface area contributed by atoms with Crippen molar-refractivity contribution < 1.29 is 9.53 Å². The molecule has 0 aliphatic heterocycles. The van der Waals surface area contributed by atoms with Crippen LogP contribution in [0.1, 0.15) is 33.7 Å². The van der Waals surface area contributed by atoms with E-state index in [1.807, 2.05) is 0 Å². The Morgan fingerprint density at radius 2 is 2.12 bits per heavy atom. The van der Waals surface area contributed by atoms with Crippen molar-refractivity contribution in [2.45, 2.75) is 39.3 Å². The van der Waals surface area contributed by atoms with E-state index in [1.54, 1.807) is 33.8 Å². The summed E-state index contributed by atoms with van der Waals surface area (Å²) in [4.78, 5) is 26.7. The van der Waals surface area contributed by atoms with Crippen molar-refractivity contribution in [2.75, 3.05) is 0 Å². The molecule has 0 N–H and O–H groups in total. The quantitative estimate of drug-likeness (QED) is 0.707. The highest BCUT2D eigenvalue weighted by molar-refractivity contribution is 5.74. The van der Waals surface area contributed by atoms with Gasteiger partial charge in [0, 0.05) is 12.4 Å². The molecule has 16 heavy (non-hydrogen) atoms. The Morgan fingerprint density at radius 3 is 2.62 bits per heavy atom. The molecule has 0 saturated heterocycles. The topological polar surface area (TPSA) is 61.2 Å². The molecule has 1 heterocycles. The van der Waals surface area contributed by atoms with Crippen LogP contribution in [0.25, 0.3) is 0 Å². The van der Waals surface area contributed by atoms with E-state index in [2.05, 4.69) is 4.98 Å². The van der Waals surface area contributed by atoms with Crippen molar-refractivity contribution in [3.63, 3.8) is 0 Å². The lowest BCUT2D eigenvalue weighted by Crippen LogP contribution is -2.34. The third kappa shape index (κ3) is 3.18. The predicted octanol–water partition coefficient (Wildman–Crippen LogP) is 1.15. The number of hydrogen-bond acceptors (Lipinski definition) is 4. The van der Waals surface area contributed by atoms with Crippen molar-refractivity contribution in [3.05, 3.63) is 28.9 Å². The molecule has 88 valence electrons. The first-order valence-corrected chi connectivity index (χ1v) is 5.07. The molecule has 0 fully saturated rings. The molecule has 0 aromatic carbocycles. The highest BCUT2D eigenvalue weighted by atomic mass is 16.6. The molecule has 1 aromatic rings. The molecule has 1 atom stereocenters. The SMILES string of the molecule is CC(C(=O)OC(C)(C)C)n1cccnc1=O. The van der Waals surface area contributed by atoms with Gasteiger partial charge >= 0.3 is 11.7 Å². The van der Waals surface area contributed by atoms with Crippen molar-refractivity contribution in [1.29, 1.82) is 0 Å². The first kappa shape index (κ1) is 12.4. The highest BCUT2D eigenvalue weighted by Gasteiger charge is 2.23. The zero-order valence-corrected chi connectivity index (χ0v) is 9.93. The van der Waals surface area contributed by atoms with E-state index >= 15 is 0 Å². The maximum absolute atomic E-state index is 11.7. The van der Waals surface area contributed by atoms with Crippen molar-refractivity contribution in [3.8, 4) is 0 Å². The largest absolute Gasteiger partial charge is 0.458 e. The minimum absolute atomic E-state index is 0.442. The Labute approximate surface area is 94.1 Å². The standard InChI is InChI=1S/C11H16N2O3/c1-8(9(14)16-11(2,3)4)13-7-5-6-12-10(13)15/h5-8H,1-4H3. The molecular weight excluding hydrogens is 208 g/mol. The van der Waals surface area contributed by atoms with Crippen LogP contribution in [0.2, 0.25) is 0 Å². The predicted molar refractivity (Wildman–Crippen MR) is 59.1 cm³/mol. The first-order valence-electron chi connectivity index (χ1n) is 5.07. The number of ether oxygens (including phenoxy) is 1. The van der Waals surface area contributed by atoms with E-state index < -0.39 is 23.3 Å². The second kappa shape index (κ2) is 4.47. The van der Waals surface area contributed by atoms with Crippen LogP contribution >= 0.6 is 0 Å². The van der Waals surface area contributed by atoms with Crippen LogP contribution in [0.15, 0.2) is 23.3 Å². The smallest absolute Gasteiger partial charge is 0.348 e. The molecule has 5 heteroatoms. The van der Waals surface area contributed by atoms with Gasteiger partial charge in [-0.25, -0.2) is 14.6 Å². The minimum Gasteiger partial charge on any atom is -0.458 e. The third-order valence-electron chi connectivity index (χ3n) is 1.90. The van der Waals surface area contributed by atoms with Crippen LogP contribution in [-0.4, -0.2) is 21.1 Å². The summed E-state index contributed by atoms with van der Waals surface area (Å²) in [5.74, 6) is -0.442. The van der Waals surface area contributed by atoms with Gasteiger partial charge in [0.15, 0.2) is 0 Å². The summed E-state index contributed by atoms with van der Waals surface area (Å²) in [5.41, 5.74) is -1.02. The molecule has 1 unspecified atom stereocenters. The van der Waals surface area contributed by atoms with Gasteiger partial charge in [-0.2, -0.15) is 0 Å². The van der Waals surface area contributed by atoms with E-state index in [-0.39, 0.29) is 0 Å². The molecule has 0 saturated carbocycles. The Hall–Kier alpha value is -1.65. The fraction of sp³-hybridized carbons (Fsp3) is 0.545. The van der Waals surface area contributed by atoms with E-state index in [0.29, 0.717) is 0 Å². The molecule has 0 aliphatic carbocycles. The Kier molecular flexibility index (Phi) is 3.47. The van der Waals surface area contributed by atoms with Crippen LogP contribution in [0.5, 0.6) is 0 Å². The molecule has 0 bridgehead atoms. The molecule has 0 aliphatic rings. The Balaban J connectivity index is 2.87. The van der Waals surface area contributed by atoms with Crippen molar-refractivity contribution >= 4 is 5.97 Å². The maximum atomic E-state index is 11.7. The van der Waals surface area contributed by atoms with Gasteiger partial charge in [0.2, 0.25) is 0 Å². The summed E-state index contributed by atoms with van der Waals surface area (Å²) in [5, 5.41) is 0. The van der Waals surface area contributed by atoms with E-state index in [4.69, 9.17) is 4.74 Å². The van der Waals surface area contributed by atoms with Crippen LogP contribution in [0.3, 0.4) is 0 Å². The van der Waals surface area contributed by atoms with Gasteiger partial charge in [-0.05, 0) is 33.8 Å². The fourth-order valence-electron chi connectivity index (χ4n) is 1.16. The van der Waals surface area contributed by atoms with E-state index in [9.17, 15) is 9.59 Å². The van der Waals surface area contributed by atoms with Crippen LogP contribution in [-0.2, 0) is 9.53 Å².